The van der Waals surface area contributed by atoms with Crippen molar-refractivity contribution in [2.45, 2.75) is 25.8 Å². The average molecular weight is 230 g/mol. The van der Waals surface area contributed by atoms with Crippen LogP contribution in [-0.4, -0.2) is 17.7 Å². The van der Waals surface area contributed by atoms with Gasteiger partial charge in [0.1, 0.15) is 5.82 Å². The highest BCUT2D eigenvalue weighted by Gasteiger charge is 2.25. The van der Waals surface area contributed by atoms with E-state index in [2.05, 4.69) is 9.88 Å². The summed E-state index contributed by atoms with van der Waals surface area (Å²) in [5.41, 5.74) is 5.00. The van der Waals surface area contributed by atoms with E-state index in [0.29, 0.717) is 0 Å². The summed E-state index contributed by atoms with van der Waals surface area (Å²) in [6.45, 7) is 3.04. The van der Waals surface area contributed by atoms with E-state index in [4.69, 9.17) is 0 Å². The van der Waals surface area contributed by atoms with Crippen LogP contribution in [0.3, 0.4) is 0 Å². The molecule has 17 heavy (non-hydrogen) atoms. The zero-order chi connectivity index (χ0) is 11.4. The van der Waals surface area contributed by atoms with Gasteiger partial charge in [-0.05, 0) is 37.1 Å². The molecule has 88 valence electrons. The molecule has 0 fully saturated rings. The van der Waals surface area contributed by atoms with Gasteiger partial charge in [0.25, 0.3) is 0 Å². The van der Waals surface area contributed by atoms with Gasteiger partial charge in [0, 0.05) is 36.2 Å². The third-order valence-electron chi connectivity index (χ3n) is 4.17. The van der Waals surface area contributed by atoms with E-state index >= 15 is 0 Å². The highest BCUT2D eigenvalue weighted by Crippen LogP contribution is 2.35. The van der Waals surface area contributed by atoms with Gasteiger partial charge in [-0.25, -0.2) is 4.39 Å². The number of hydrogen-bond acceptors (Lipinski definition) is 1. The number of nitrogens with one attached hydrogen (secondary N) is 1. The predicted molar refractivity (Wildman–Crippen MR) is 65.9 cm³/mol. The highest BCUT2D eigenvalue weighted by atomic mass is 19.1. The Hall–Kier alpha value is -1.35. The fourth-order valence-electron chi connectivity index (χ4n) is 3.44. The zero-order valence-electron chi connectivity index (χ0n) is 9.72. The summed E-state index contributed by atoms with van der Waals surface area (Å²) >= 11 is 0. The summed E-state index contributed by atoms with van der Waals surface area (Å²) < 4.78 is 16.1. The lowest BCUT2D eigenvalue weighted by atomic mass is 10.0. The topological polar surface area (TPSA) is 17.0 Å². The smallest absolute Gasteiger partial charge is 0.128 e. The molecule has 1 aromatic carbocycles. The van der Waals surface area contributed by atoms with E-state index in [1.165, 1.54) is 22.2 Å². The van der Waals surface area contributed by atoms with Gasteiger partial charge in [0.2, 0.25) is 0 Å². The third-order valence-corrected chi connectivity index (χ3v) is 4.17. The molecule has 1 N–H and O–H groups in total. The molecule has 2 aromatic rings. The number of hydrogen-bond donors (Lipinski definition) is 1. The van der Waals surface area contributed by atoms with Gasteiger partial charge in [-0.2, -0.15) is 0 Å². The molecule has 3 heterocycles. The maximum absolute atomic E-state index is 13.8. The van der Waals surface area contributed by atoms with E-state index in [0.717, 1.165) is 44.5 Å². The molecular weight excluding hydrogens is 215 g/mol. The van der Waals surface area contributed by atoms with Crippen LogP contribution in [0.25, 0.3) is 10.9 Å². The lowest BCUT2D eigenvalue weighted by molar-refractivity contribution is 0.610. The van der Waals surface area contributed by atoms with Crippen molar-refractivity contribution in [2.75, 3.05) is 13.1 Å². The minimum Gasteiger partial charge on any atom is -0.344 e. The minimum atomic E-state index is -0.0259. The number of rotatable bonds is 0. The highest BCUT2D eigenvalue weighted by molar-refractivity contribution is 5.89. The second-order valence-electron chi connectivity index (χ2n) is 5.00. The fourth-order valence-corrected chi connectivity index (χ4v) is 3.44. The molecular formula is C14H15FN2. The van der Waals surface area contributed by atoms with Crippen molar-refractivity contribution in [2.24, 2.45) is 0 Å². The van der Waals surface area contributed by atoms with E-state index in [9.17, 15) is 4.39 Å². The van der Waals surface area contributed by atoms with E-state index in [1.807, 2.05) is 6.07 Å². The third kappa shape index (κ3) is 1.18. The van der Waals surface area contributed by atoms with Gasteiger partial charge >= 0.3 is 0 Å². The Morgan fingerprint density at radius 3 is 2.88 bits per heavy atom. The number of aryl methyl sites for hydroxylation is 2. The summed E-state index contributed by atoms with van der Waals surface area (Å²) in [6, 6.07) is 3.62. The van der Waals surface area contributed by atoms with Crippen LogP contribution in [0.1, 0.15) is 16.8 Å². The van der Waals surface area contributed by atoms with Crippen LogP contribution in [0.4, 0.5) is 4.39 Å². The Morgan fingerprint density at radius 2 is 1.94 bits per heavy atom. The van der Waals surface area contributed by atoms with E-state index < -0.39 is 0 Å². The van der Waals surface area contributed by atoms with Crippen LogP contribution in [0.5, 0.6) is 0 Å². The first-order valence-electron chi connectivity index (χ1n) is 6.38. The molecule has 2 nitrogen and oxygen atoms in total. The summed E-state index contributed by atoms with van der Waals surface area (Å²) in [4.78, 5) is 0. The minimum absolute atomic E-state index is 0.0259. The van der Waals surface area contributed by atoms with E-state index in [1.54, 1.807) is 6.07 Å². The van der Waals surface area contributed by atoms with E-state index in [-0.39, 0.29) is 5.82 Å². The number of aromatic nitrogens is 1. The molecule has 0 saturated heterocycles. The van der Waals surface area contributed by atoms with Crippen molar-refractivity contribution in [1.29, 1.82) is 0 Å². The monoisotopic (exact) mass is 230 g/mol. The SMILES string of the molecule is Fc1ccc2c3c(n4c2c1CC4)CCNCC3. The number of halogens is 1. The summed E-state index contributed by atoms with van der Waals surface area (Å²) in [5, 5.41) is 4.73. The second kappa shape index (κ2) is 3.33. The van der Waals surface area contributed by atoms with Gasteiger partial charge in [-0.3, -0.25) is 0 Å². The Kier molecular flexibility index (Phi) is 1.89. The molecule has 1 aromatic heterocycles. The number of benzene rings is 1. The molecule has 3 heteroatoms. The standard InChI is InChI=1S/C14H15FN2/c15-12-2-1-10-9-3-6-16-7-4-13(9)17-8-5-11(12)14(10)17/h1-2,16H,3-8H2. The maximum Gasteiger partial charge on any atom is 0.128 e. The molecule has 2 aliphatic heterocycles. The second-order valence-corrected chi connectivity index (χ2v) is 5.00. The first-order chi connectivity index (χ1) is 8.36. The van der Waals surface area contributed by atoms with Crippen molar-refractivity contribution in [3.63, 3.8) is 0 Å². The van der Waals surface area contributed by atoms with Crippen molar-refractivity contribution < 1.29 is 4.39 Å². The first-order valence-corrected chi connectivity index (χ1v) is 6.38. The fraction of sp³-hybridized carbons (Fsp3) is 0.429. The zero-order valence-corrected chi connectivity index (χ0v) is 9.72. The molecule has 0 unspecified atom stereocenters. The predicted octanol–water partition coefficient (Wildman–Crippen LogP) is 2.02. The van der Waals surface area contributed by atoms with Crippen LogP contribution in [-0.2, 0) is 25.8 Å². The normalized spacial score (nSPS) is 18.4. The molecule has 0 radical (unpaired) electrons. The van der Waals surface area contributed by atoms with Gasteiger partial charge in [0.15, 0.2) is 0 Å². The molecule has 2 aliphatic rings. The molecule has 0 aliphatic carbocycles. The van der Waals surface area contributed by atoms with Crippen molar-refractivity contribution in [3.8, 4) is 0 Å². The Labute approximate surface area is 99.4 Å². The van der Waals surface area contributed by atoms with Gasteiger partial charge in [-0.15, -0.1) is 0 Å². The van der Waals surface area contributed by atoms with Crippen LogP contribution in [0.2, 0.25) is 0 Å². The van der Waals surface area contributed by atoms with Gasteiger partial charge in [-0.1, -0.05) is 0 Å². The lowest BCUT2D eigenvalue weighted by Crippen LogP contribution is -2.17. The molecule has 0 saturated carbocycles. The first kappa shape index (κ1) is 9.66. The Morgan fingerprint density at radius 1 is 1.06 bits per heavy atom. The maximum atomic E-state index is 13.8. The summed E-state index contributed by atoms with van der Waals surface area (Å²) in [5.74, 6) is -0.0259. The quantitative estimate of drug-likeness (QED) is 0.732. The largest absolute Gasteiger partial charge is 0.344 e. The average Bonchev–Trinajstić information content (AvgIpc) is 2.79. The van der Waals surface area contributed by atoms with Crippen LogP contribution in [0, 0.1) is 5.82 Å². The Balaban J connectivity index is 2.10. The molecule has 0 spiro atoms. The van der Waals surface area contributed by atoms with Crippen molar-refractivity contribution >= 4 is 10.9 Å². The van der Waals surface area contributed by atoms with Crippen molar-refractivity contribution in [1.82, 2.24) is 9.88 Å². The molecule has 4 rings (SSSR count). The molecule has 0 amide bonds. The summed E-state index contributed by atoms with van der Waals surface area (Å²) in [7, 11) is 0. The molecule has 0 atom stereocenters. The van der Waals surface area contributed by atoms with Crippen LogP contribution in [0.15, 0.2) is 12.1 Å². The number of nitrogens with zero attached hydrogens (tertiary/aromatic N) is 1. The molecule has 0 bridgehead atoms. The lowest BCUT2D eigenvalue weighted by Gasteiger charge is -2.05. The van der Waals surface area contributed by atoms with Crippen LogP contribution >= 0.6 is 0 Å². The van der Waals surface area contributed by atoms with Crippen LogP contribution < -0.4 is 5.32 Å². The Bertz CT molecular complexity index is 612. The number of fused-ring (bicyclic) bond motifs is 3. The van der Waals surface area contributed by atoms with Gasteiger partial charge in [0.05, 0.1) is 5.52 Å². The van der Waals surface area contributed by atoms with Crippen molar-refractivity contribution in [3.05, 3.63) is 34.8 Å². The summed E-state index contributed by atoms with van der Waals surface area (Å²) in [6.07, 6.45) is 3.01. The van der Waals surface area contributed by atoms with Gasteiger partial charge < -0.3 is 9.88 Å².